The summed E-state index contributed by atoms with van der Waals surface area (Å²) in [4.78, 5) is 11.2. The summed E-state index contributed by atoms with van der Waals surface area (Å²) >= 11 is 7.29. The highest BCUT2D eigenvalue weighted by Crippen LogP contribution is 2.35. The second kappa shape index (κ2) is 4.79. The summed E-state index contributed by atoms with van der Waals surface area (Å²) in [5, 5.41) is -0.0628. The number of alkyl halides is 3. The first-order valence-electron chi connectivity index (χ1n) is 3.97. The third kappa shape index (κ3) is 3.24. The summed E-state index contributed by atoms with van der Waals surface area (Å²) in [7, 11) is 0. The van der Waals surface area contributed by atoms with Crippen molar-refractivity contribution in [1.29, 1.82) is 0 Å². The van der Waals surface area contributed by atoms with E-state index < -0.39 is 17.9 Å². The molecule has 0 unspecified atom stereocenters. The highest BCUT2D eigenvalue weighted by molar-refractivity contribution is 14.1. The van der Waals surface area contributed by atoms with Crippen LogP contribution in [0.15, 0.2) is 12.1 Å². The number of Topliss-reactive ketones (excluding diaryl/α,β-unsaturated/α-hetero) is 1. The number of rotatable bonds is 2. The average molecular weight is 364 g/mol. The van der Waals surface area contributed by atoms with Crippen LogP contribution in [0.25, 0.3) is 0 Å². The second-order valence-electron chi connectivity index (χ2n) is 2.84. The third-order valence-corrected chi connectivity index (χ3v) is 2.79. The predicted molar refractivity (Wildman–Crippen MR) is 60.9 cm³/mol. The van der Waals surface area contributed by atoms with Crippen LogP contribution >= 0.6 is 34.2 Å². The van der Waals surface area contributed by atoms with Gasteiger partial charge in [-0.3, -0.25) is 4.79 Å². The molecule has 0 aliphatic rings. The smallest absolute Gasteiger partial charge is 0.404 e. The van der Waals surface area contributed by atoms with Crippen molar-refractivity contribution in [3.05, 3.63) is 26.3 Å². The van der Waals surface area contributed by atoms with Crippen LogP contribution in [0, 0.1) is 3.57 Å². The summed E-state index contributed by atoms with van der Waals surface area (Å²) in [6.07, 6.45) is -4.85. The second-order valence-corrected chi connectivity index (χ2v) is 4.41. The van der Waals surface area contributed by atoms with E-state index in [9.17, 15) is 18.0 Å². The van der Waals surface area contributed by atoms with Crippen LogP contribution in [0.1, 0.15) is 17.3 Å². The van der Waals surface area contributed by atoms with Gasteiger partial charge in [-0.25, -0.2) is 0 Å². The molecule has 0 bridgehead atoms. The molecular formula is C9H5ClF3IO2. The van der Waals surface area contributed by atoms with E-state index in [1.807, 2.05) is 0 Å². The van der Waals surface area contributed by atoms with Crippen molar-refractivity contribution < 1.29 is 22.7 Å². The molecule has 0 spiro atoms. The van der Waals surface area contributed by atoms with Crippen LogP contribution in [-0.2, 0) is 0 Å². The fourth-order valence-electron chi connectivity index (χ4n) is 1.08. The van der Waals surface area contributed by atoms with Crippen molar-refractivity contribution in [2.45, 2.75) is 13.3 Å². The van der Waals surface area contributed by atoms with Gasteiger partial charge in [0.1, 0.15) is 0 Å². The number of ketones is 1. The van der Waals surface area contributed by atoms with Gasteiger partial charge in [0.05, 0.1) is 14.2 Å². The van der Waals surface area contributed by atoms with Gasteiger partial charge in [0.25, 0.3) is 0 Å². The number of hydrogen-bond donors (Lipinski definition) is 0. The zero-order valence-electron chi connectivity index (χ0n) is 7.86. The van der Waals surface area contributed by atoms with Crippen LogP contribution in [0.4, 0.5) is 13.2 Å². The van der Waals surface area contributed by atoms with Gasteiger partial charge in [0.15, 0.2) is 11.5 Å². The Labute approximate surface area is 108 Å². The molecule has 16 heavy (non-hydrogen) atoms. The zero-order chi connectivity index (χ0) is 12.5. The lowest BCUT2D eigenvalue weighted by atomic mass is 10.1. The van der Waals surface area contributed by atoms with Gasteiger partial charge in [-0.15, -0.1) is 13.2 Å². The minimum absolute atomic E-state index is 0.0628. The molecule has 0 aromatic heterocycles. The van der Waals surface area contributed by atoms with Gasteiger partial charge in [-0.1, -0.05) is 11.6 Å². The van der Waals surface area contributed by atoms with E-state index >= 15 is 0 Å². The molecule has 1 aromatic rings. The van der Waals surface area contributed by atoms with E-state index in [2.05, 4.69) is 4.74 Å². The first-order valence-corrected chi connectivity index (χ1v) is 5.42. The number of hydrogen-bond acceptors (Lipinski definition) is 2. The molecule has 0 aliphatic heterocycles. The highest BCUT2D eigenvalue weighted by atomic mass is 127. The molecule has 0 fully saturated rings. The number of carbonyl (C=O) groups excluding carboxylic acids is 1. The summed E-state index contributed by atoms with van der Waals surface area (Å²) in [6, 6.07) is 2.69. The van der Waals surface area contributed by atoms with Crippen molar-refractivity contribution >= 4 is 40.0 Å². The molecule has 7 heteroatoms. The highest BCUT2D eigenvalue weighted by Gasteiger charge is 2.34. The first kappa shape index (κ1) is 13.6. The van der Waals surface area contributed by atoms with Gasteiger partial charge in [-0.05, 0) is 41.6 Å². The van der Waals surface area contributed by atoms with Crippen LogP contribution < -0.4 is 4.74 Å². The standard InChI is InChI=1S/C9H5ClF3IO2/c1-4(15)7-5(10)2-3-6(14)8(7)16-9(11,12)13/h2-3H,1H3. The van der Waals surface area contributed by atoms with Crippen LogP contribution in [0.3, 0.4) is 0 Å². The third-order valence-electron chi connectivity index (χ3n) is 1.63. The molecule has 0 radical (unpaired) electrons. The SMILES string of the molecule is CC(=O)c1c(Cl)ccc(I)c1OC(F)(F)F. The molecule has 1 aromatic carbocycles. The molecule has 0 aliphatic carbocycles. The zero-order valence-corrected chi connectivity index (χ0v) is 10.8. The van der Waals surface area contributed by atoms with Gasteiger partial charge >= 0.3 is 6.36 Å². The molecule has 0 saturated carbocycles. The van der Waals surface area contributed by atoms with E-state index in [0.29, 0.717) is 0 Å². The maximum Gasteiger partial charge on any atom is 0.573 e. The van der Waals surface area contributed by atoms with Crippen LogP contribution in [-0.4, -0.2) is 12.1 Å². The van der Waals surface area contributed by atoms with Crippen LogP contribution in [0.5, 0.6) is 5.75 Å². The van der Waals surface area contributed by atoms with Gasteiger partial charge in [0.2, 0.25) is 0 Å². The maximum absolute atomic E-state index is 12.1. The van der Waals surface area contributed by atoms with E-state index in [0.717, 1.165) is 6.92 Å². The fraction of sp³-hybridized carbons (Fsp3) is 0.222. The number of ether oxygens (including phenoxy) is 1. The lowest BCUT2D eigenvalue weighted by molar-refractivity contribution is -0.275. The normalized spacial score (nSPS) is 11.4. The Hall–Kier alpha value is -0.500. The number of halogens is 5. The molecular weight excluding hydrogens is 359 g/mol. The number of benzene rings is 1. The van der Waals surface area contributed by atoms with Crippen molar-refractivity contribution in [3.8, 4) is 5.75 Å². The fourth-order valence-corrected chi connectivity index (χ4v) is 1.92. The Kier molecular flexibility index (Phi) is 4.06. The topological polar surface area (TPSA) is 26.3 Å². The summed E-state index contributed by atoms with van der Waals surface area (Å²) in [6.45, 7) is 1.13. The Balaban J connectivity index is 3.35. The molecule has 0 saturated heterocycles. The Morgan fingerprint density at radius 3 is 2.44 bits per heavy atom. The largest absolute Gasteiger partial charge is 0.573 e. The lowest BCUT2D eigenvalue weighted by Crippen LogP contribution is -2.19. The Morgan fingerprint density at radius 2 is 2.00 bits per heavy atom. The molecule has 0 heterocycles. The first-order chi connectivity index (χ1) is 7.22. The van der Waals surface area contributed by atoms with Crippen molar-refractivity contribution in [3.63, 3.8) is 0 Å². The van der Waals surface area contributed by atoms with Crippen LogP contribution in [0.2, 0.25) is 5.02 Å². The van der Waals surface area contributed by atoms with Crippen molar-refractivity contribution in [2.24, 2.45) is 0 Å². The van der Waals surface area contributed by atoms with Gasteiger partial charge in [0, 0.05) is 0 Å². The molecule has 0 atom stereocenters. The lowest BCUT2D eigenvalue weighted by Gasteiger charge is -2.14. The van der Waals surface area contributed by atoms with E-state index in [-0.39, 0.29) is 14.2 Å². The quantitative estimate of drug-likeness (QED) is 0.585. The Bertz CT molecular complexity index is 431. The molecule has 1 rings (SSSR count). The maximum atomic E-state index is 12.1. The Morgan fingerprint density at radius 1 is 1.44 bits per heavy atom. The average Bonchev–Trinajstić information content (AvgIpc) is 2.08. The van der Waals surface area contributed by atoms with Gasteiger partial charge in [-0.2, -0.15) is 0 Å². The minimum atomic E-state index is -4.85. The number of carbonyl (C=O) groups is 1. The van der Waals surface area contributed by atoms with E-state index in [4.69, 9.17) is 11.6 Å². The summed E-state index contributed by atoms with van der Waals surface area (Å²) in [5.74, 6) is -1.13. The molecule has 0 amide bonds. The van der Waals surface area contributed by atoms with Gasteiger partial charge < -0.3 is 4.74 Å². The monoisotopic (exact) mass is 364 g/mol. The van der Waals surface area contributed by atoms with Crippen molar-refractivity contribution in [2.75, 3.05) is 0 Å². The molecule has 0 N–H and O–H groups in total. The molecule has 88 valence electrons. The molecule has 2 nitrogen and oxygen atoms in total. The summed E-state index contributed by atoms with van der Waals surface area (Å²) < 4.78 is 40.3. The predicted octanol–water partition coefficient (Wildman–Crippen LogP) is 4.05. The van der Waals surface area contributed by atoms with E-state index in [1.54, 1.807) is 22.6 Å². The van der Waals surface area contributed by atoms with Crippen molar-refractivity contribution in [1.82, 2.24) is 0 Å². The van der Waals surface area contributed by atoms with E-state index in [1.165, 1.54) is 12.1 Å². The minimum Gasteiger partial charge on any atom is -0.404 e. The summed E-state index contributed by atoms with van der Waals surface area (Å²) in [5.41, 5.74) is -0.258.